The molecule has 0 fully saturated rings. The Bertz CT molecular complexity index is 333. The largest absolute Gasteiger partial charge is 0.481 e. The molecule has 0 aliphatic carbocycles. The molecule has 5 heteroatoms. The number of carbonyl (C=O) groups is 1. The van der Waals surface area contributed by atoms with E-state index in [1.54, 1.807) is 18.2 Å². The Balaban J connectivity index is 0.00000196. The molecule has 84 valence electrons. The lowest BCUT2D eigenvalue weighted by Gasteiger charge is -2.09. The minimum atomic E-state index is -0.990. The second-order valence-corrected chi connectivity index (χ2v) is 3.07. The first-order valence-electron chi connectivity index (χ1n) is 4.31. The summed E-state index contributed by atoms with van der Waals surface area (Å²) in [5.41, 5.74) is 5.66. The predicted molar refractivity (Wildman–Crippen MR) is 57.5 cm³/mol. The van der Waals surface area contributed by atoms with Crippen LogP contribution in [0.1, 0.15) is 5.56 Å². The van der Waals surface area contributed by atoms with Gasteiger partial charge in [-0.2, -0.15) is 0 Å². The minimum Gasteiger partial charge on any atom is -0.481 e. The fourth-order valence-corrected chi connectivity index (χ4v) is 1.20. The number of hydrogen-bond donors (Lipinski definition) is 2. The van der Waals surface area contributed by atoms with E-state index in [0.29, 0.717) is 5.56 Å². The molecular weight excluding hydrogens is 221 g/mol. The standard InChI is InChI=1S/C10H12FNO2.ClH/c11-9-4-2-1-3-7(9)5-8(6-12)10(13)14;/h1-4,8H,5-6,12H2,(H,13,14);1H. The van der Waals surface area contributed by atoms with Crippen molar-refractivity contribution in [3.8, 4) is 0 Å². The molecule has 0 heterocycles. The van der Waals surface area contributed by atoms with Gasteiger partial charge in [0.25, 0.3) is 0 Å². The van der Waals surface area contributed by atoms with E-state index in [1.807, 2.05) is 0 Å². The summed E-state index contributed by atoms with van der Waals surface area (Å²) in [7, 11) is 0. The van der Waals surface area contributed by atoms with Crippen molar-refractivity contribution < 1.29 is 14.3 Å². The summed E-state index contributed by atoms with van der Waals surface area (Å²) in [5, 5.41) is 8.72. The highest BCUT2D eigenvalue weighted by atomic mass is 35.5. The van der Waals surface area contributed by atoms with Gasteiger partial charge in [0, 0.05) is 6.54 Å². The minimum absolute atomic E-state index is 0. The second-order valence-electron chi connectivity index (χ2n) is 3.07. The van der Waals surface area contributed by atoms with Gasteiger partial charge in [0.15, 0.2) is 0 Å². The number of carboxylic acid groups (broad SMARTS) is 1. The van der Waals surface area contributed by atoms with Gasteiger partial charge < -0.3 is 10.8 Å². The Morgan fingerprint density at radius 2 is 2.07 bits per heavy atom. The number of halogens is 2. The van der Waals surface area contributed by atoms with Crippen molar-refractivity contribution in [1.29, 1.82) is 0 Å². The number of hydrogen-bond acceptors (Lipinski definition) is 2. The first-order chi connectivity index (χ1) is 6.65. The molecule has 0 aliphatic rings. The smallest absolute Gasteiger partial charge is 0.308 e. The van der Waals surface area contributed by atoms with Crippen LogP contribution in [0, 0.1) is 11.7 Å². The first kappa shape index (κ1) is 13.9. The maximum absolute atomic E-state index is 13.1. The van der Waals surface area contributed by atoms with Crippen LogP contribution in [0.15, 0.2) is 24.3 Å². The molecule has 3 nitrogen and oxygen atoms in total. The van der Waals surface area contributed by atoms with Gasteiger partial charge in [-0.3, -0.25) is 4.79 Å². The summed E-state index contributed by atoms with van der Waals surface area (Å²) >= 11 is 0. The van der Waals surface area contributed by atoms with Crippen LogP contribution in [-0.4, -0.2) is 17.6 Å². The third-order valence-corrected chi connectivity index (χ3v) is 2.06. The number of rotatable bonds is 4. The van der Waals surface area contributed by atoms with Gasteiger partial charge in [-0.1, -0.05) is 18.2 Å². The topological polar surface area (TPSA) is 63.3 Å². The Morgan fingerprint density at radius 3 is 2.53 bits per heavy atom. The summed E-state index contributed by atoms with van der Waals surface area (Å²) in [6.45, 7) is 0.0175. The van der Waals surface area contributed by atoms with Crippen molar-refractivity contribution >= 4 is 18.4 Å². The van der Waals surface area contributed by atoms with Gasteiger partial charge >= 0.3 is 5.97 Å². The summed E-state index contributed by atoms with van der Waals surface area (Å²) in [4.78, 5) is 10.6. The van der Waals surface area contributed by atoms with Crippen molar-refractivity contribution in [2.45, 2.75) is 6.42 Å². The highest BCUT2D eigenvalue weighted by molar-refractivity contribution is 5.85. The number of nitrogens with two attached hydrogens (primary N) is 1. The maximum Gasteiger partial charge on any atom is 0.308 e. The zero-order valence-corrected chi connectivity index (χ0v) is 8.84. The first-order valence-corrected chi connectivity index (χ1v) is 4.31. The van der Waals surface area contributed by atoms with E-state index in [0.717, 1.165) is 0 Å². The summed E-state index contributed by atoms with van der Waals surface area (Å²) in [6.07, 6.45) is 0.137. The third kappa shape index (κ3) is 3.85. The summed E-state index contributed by atoms with van der Waals surface area (Å²) in [5.74, 6) is -2.09. The van der Waals surface area contributed by atoms with E-state index >= 15 is 0 Å². The van der Waals surface area contributed by atoms with E-state index < -0.39 is 11.9 Å². The van der Waals surface area contributed by atoms with Gasteiger partial charge in [0.2, 0.25) is 0 Å². The molecule has 1 aromatic carbocycles. The quantitative estimate of drug-likeness (QED) is 0.828. The number of carboxylic acids is 1. The lowest BCUT2D eigenvalue weighted by molar-refractivity contribution is -0.141. The lowest BCUT2D eigenvalue weighted by Crippen LogP contribution is -2.25. The van der Waals surface area contributed by atoms with E-state index in [-0.39, 0.29) is 31.2 Å². The fourth-order valence-electron chi connectivity index (χ4n) is 1.20. The number of benzene rings is 1. The fraction of sp³-hybridized carbons (Fsp3) is 0.300. The van der Waals surface area contributed by atoms with Crippen LogP contribution in [0.5, 0.6) is 0 Å². The lowest BCUT2D eigenvalue weighted by atomic mass is 9.99. The highest BCUT2D eigenvalue weighted by Gasteiger charge is 2.17. The van der Waals surface area contributed by atoms with Crippen LogP contribution in [0.25, 0.3) is 0 Å². The SMILES string of the molecule is Cl.NCC(Cc1ccccc1F)C(=O)O. The molecule has 0 radical (unpaired) electrons. The zero-order chi connectivity index (χ0) is 10.6. The molecule has 0 aromatic heterocycles. The van der Waals surface area contributed by atoms with Crippen LogP contribution < -0.4 is 5.73 Å². The normalized spacial score (nSPS) is 11.6. The average Bonchev–Trinajstić information content (AvgIpc) is 2.16. The maximum atomic E-state index is 13.1. The van der Waals surface area contributed by atoms with Crippen LogP contribution in [0.2, 0.25) is 0 Å². The molecule has 0 spiro atoms. The molecule has 0 amide bonds. The molecule has 0 saturated heterocycles. The number of aliphatic carboxylic acids is 1. The second kappa shape index (κ2) is 6.37. The average molecular weight is 234 g/mol. The Morgan fingerprint density at radius 1 is 1.47 bits per heavy atom. The zero-order valence-electron chi connectivity index (χ0n) is 8.02. The molecule has 1 rings (SSSR count). The van der Waals surface area contributed by atoms with Gasteiger partial charge in [-0.25, -0.2) is 4.39 Å². The van der Waals surface area contributed by atoms with Crippen molar-refractivity contribution in [2.24, 2.45) is 11.7 Å². The molecule has 3 N–H and O–H groups in total. The Labute approximate surface area is 93.5 Å². The molecule has 0 aliphatic heterocycles. The van der Waals surface area contributed by atoms with E-state index in [2.05, 4.69) is 0 Å². The van der Waals surface area contributed by atoms with Crippen LogP contribution in [0.4, 0.5) is 4.39 Å². The van der Waals surface area contributed by atoms with Crippen molar-refractivity contribution in [2.75, 3.05) is 6.54 Å². The molecule has 1 atom stereocenters. The highest BCUT2D eigenvalue weighted by Crippen LogP contribution is 2.12. The van der Waals surface area contributed by atoms with E-state index in [9.17, 15) is 9.18 Å². The Kier molecular flexibility index (Phi) is 5.89. The molecular formula is C10H13ClFNO2. The van der Waals surface area contributed by atoms with E-state index in [1.165, 1.54) is 6.07 Å². The van der Waals surface area contributed by atoms with Crippen LogP contribution in [-0.2, 0) is 11.2 Å². The van der Waals surface area contributed by atoms with E-state index in [4.69, 9.17) is 10.8 Å². The summed E-state index contributed by atoms with van der Waals surface area (Å²) in [6, 6.07) is 6.12. The predicted octanol–water partition coefficient (Wildman–Crippen LogP) is 1.45. The van der Waals surface area contributed by atoms with Crippen LogP contribution >= 0.6 is 12.4 Å². The molecule has 0 bridgehead atoms. The van der Waals surface area contributed by atoms with Gasteiger partial charge in [0.1, 0.15) is 5.82 Å². The van der Waals surface area contributed by atoms with Gasteiger partial charge in [-0.15, -0.1) is 12.4 Å². The Hall–Kier alpha value is -1.13. The molecule has 1 unspecified atom stereocenters. The van der Waals surface area contributed by atoms with Gasteiger partial charge in [0.05, 0.1) is 5.92 Å². The summed E-state index contributed by atoms with van der Waals surface area (Å²) < 4.78 is 13.1. The van der Waals surface area contributed by atoms with Crippen molar-refractivity contribution in [1.82, 2.24) is 0 Å². The van der Waals surface area contributed by atoms with Crippen molar-refractivity contribution in [3.63, 3.8) is 0 Å². The third-order valence-electron chi connectivity index (χ3n) is 2.06. The van der Waals surface area contributed by atoms with Crippen molar-refractivity contribution in [3.05, 3.63) is 35.6 Å². The molecule has 1 aromatic rings. The van der Waals surface area contributed by atoms with Gasteiger partial charge in [-0.05, 0) is 18.1 Å². The monoisotopic (exact) mass is 233 g/mol. The molecule has 0 saturated carbocycles. The van der Waals surface area contributed by atoms with Crippen LogP contribution in [0.3, 0.4) is 0 Å². The molecule has 15 heavy (non-hydrogen) atoms.